The average molecular weight is 396 g/mol. The lowest BCUT2D eigenvalue weighted by atomic mass is 9.98. The Morgan fingerprint density at radius 3 is 2.07 bits per heavy atom. The normalized spacial score (nSPS) is 13.3. The van der Waals surface area contributed by atoms with Crippen LogP contribution in [0.1, 0.15) is 30.9 Å². The fourth-order valence-corrected chi connectivity index (χ4v) is 3.57. The average Bonchev–Trinajstić information content (AvgIpc) is 3.02. The molecule has 2 aromatic carbocycles. The maximum Gasteiger partial charge on any atom is 0.407 e. The zero-order chi connectivity index (χ0) is 21.0. The molecule has 1 aliphatic rings. The van der Waals surface area contributed by atoms with Crippen LogP contribution in [0.5, 0.6) is 0 Å². The fraction of sp³-hybridized carbons (Fsp3) is 0.318. The Labute approximate surface area is 169 Å². The molecule has 0 saturated carbocycles. The summed E-state index contributed by atoms with van der Waals surface area (Å²) in [5.41, 5.74) is 4.46. The first-order valence-electron chi connectivity index (χ1n) is 9.49. The Bertz CT molecular complexity index is 879. The third kappa shape index (κ3) is 4.56. The van der Waals surface area contributed by atoms with Gasteiger partial charge in [-0.3, -0.25) is 9.59 Å². The molecule has 0 spiro atoms. The monoisotopic (exact) mass is 396 g/mol. The third-order valence-corrected chi connectivity index (χ3v) is 4.98. The SMILES string of the molecule is CC(C)[C@H](NC(=O)OCC1c2ccccc2-c2ccccc21)C(=O)NCC(=O)O. The second-order valence-electron chi connectivity index (χ2n) is 7.30. The third-order valence-electron chi connectivity index (χ3n) is 4.98. The van der Waals surface area contributed by atoms with Crippen LogP contribution in [-0.2, 0) is 14.3 Å². The summed E-state index contributed by atoms with van der Waals surface area (Å²) in [6.45, 7) is 3.15. The minimum Gasteiger partial charge on any atom is -0.480 e. The number of aliphatic carboxylic acids is 1. The highest BCUT2D eigenvalue weighted by Crippen LogP contribution is 2.44. The number of alkyl carbamates (subject to hydrolysis) is 1. The van der Waals surface area contributed by atoms with Crippen molar-refractivity contribution in [1.82, 2.24) is 10.6 Å². The first-order chi connectivity index (χ1) is 13.9. The van der Waals surface area contributed by atoms with Gasteiger partial charge in [-0.15, -0.1) is 0 Å². The van der Waals surface area contributed by atoms with Crippen molar-refractivity contribution in [2.45, 2.75) is 25.8 Å². The van der Waals surface area contributed by atoms with E-state index in [1.807, 2.05) is 36.4 Å². The molecule has 29 heavy (non-hydrogen) atoms. The van der Waals surface area contributed by atoms with Crippen molar-refractivity contribution < 1.29 is 24.2 Å². The van der Waals surface area contributed by atoms with Gasteiger partial charge in [0.25, 0.3) is 0 Å². The van der Waals surface area contributed by atoms with Crippen molar-refractivity contribution in [2.24, 2.45) is 5.92 Å². The van der Waals surface area contributed by atoms with E-state index in [0.29, 0.717) is 0 Å². The molecule has 152 valence electrons. The zero-order valence-electron chi connectivity index (χ0n) is 16.3. The number of hydrogen-bond acceptors (Lipinski definition) is 4. The number of carbonyl (C=O) groups excluding carboxylic acids is 2. The molecular weight excluding hydrogens is 372 g/mol. The number of carbonyl (C=O) groups is 3. The molecule has 0 heterocycles. The van der Waals surface area contributed by atoms with E-state index in [9.17, 15) is 14.4 Å². The number of fused-ring (bicyclic) bond motifs is 3. The van der Waals surface area contributed by atoms with Gasteiger partial charge in [0.15, 0.2) is 0 Å². The van der Waals surface area contributed by atoms with E-state index in [4.69, 9.17) is 9.84 Å². The van der Waals surface area contributed by atoms with Crippen molar-refractivity contribution in [1.29, 1.82) is 0 Å². The largest absolute Gasteiger partial charge is 0.480 e. The minimum atomic E-state index is -1.15. The lowest BCUT2D eigenvalue weighted by molar-refractivity contribution is -0.138. The van der Waals surface area contributed by atoms with Gasteiger partial charge in [0, 0.05) is 5.92 Å². The highest BCUT2D eigenvalue weighted by molar-refractivity contribution is 5.88. The Balaban J connectivity index is 1.66. The van der Waals surface area contributed by atoms with Crippen molar-refractivity contribution in [3.8, 4) is 11.1 Å². The smallest absolute Gasteiger partial charge is 0.407 e. The number of amides is 2. The predicted octanol–water partition coefficient (Wildman–Crippen LogP) is 2.75. The van der Waals surface area contributed by atoms with E-state index < -0.39 is 30.6 Å². The second kappa shape index (κ2) is 8.77. The summed E-state index contributed by atoms with van der Waals surface area (Å²) in [7, 11) is 0. The topological polar surface area (TPSA) is 105 Å². The van der Waals surface area contributed by atoms with Crippen LogP contribution in [0.3, 0.4) is 0 Å². The molecule has 2 aromatic rings. The maximum atomic E-state index is 12.4. The summed E-state index contributed by atoms with van der Waals surface area (Å²) in [4.78, 5) is 35.2. The maximum absolute atomic E-state index is 12.4. The molecule has 3 rings (SSSR count). The van der Waals surface area contributed by atoms with E-state index in [-0.39, 0.29) is 18.4 Å². The summed E-state index contributed by atoms with van der Waals surface area (Å²) < 4.78 is 5.45. The zero-order valence-corrected chi connectivity index (χ0v) is 16.3. The first kappa shape index (κ1) is 20.4. The van der Waals surface area contributed by atoms with Gasteiger partial charge in [0.1, 0.15) is 19.2 Å². The molecule has 0 fully saturated rings. The Kier molecular flexibility index (Phi) is 6.16. The van der Waals surface area contributed by atoms with E-state index in [1.54, 1.807) is 13.8 Å². The van der Waals surface area contributed by atoms with Crippen LogP contribution in [-0.4, -0.2) is 42.3 Å². The molecule has 1 aliphatic carbocycles. The van der Waals surface area contributed by atoms with E-state index in [1.165, 1.54) is 0 Å². The number of carboxylic acids is 1. The van der Waals surface area contributed by atoms with Crippen LogP contribution in [0.2, 0.25) is 0 Å². The highest BCUT2D eigenvalue weighted by atomic mass is 16.5. The van der Waals surface area contributed by atoms with E-state index >= 15 is 0 Å². The van der Waals surface area contributed by atoms with Crippen molar-refractivity contribution in [3.63, 3.8) is 0 Å². The summed E-state index contributed by atoms with van der Waals surface area (Å²) in [6, 6.07) is 15.1. The van der Waals surface area contributed by atoms with Gasteiger partial charge >= 0.3 is 12.1 Å². The number of ether oxygens (including phenoxy) is 1. The lowest BCUT2D eigenvalue weighted by Crippen LogP contribution is -2.50. The van der Waals surface area contributed by atoms with Crippen LogP contribution < -0.4 is 10.6 Å². The molecule has 0 bridgehead atoms. The van der Waals surface area contributed by atoms with Crippen LogP contribution >= 0.6 is 0 Å². The van der Waals surface area contributed by atoms with Gasteiger partial charge in [-0.05, 0) is 28.2 Å². The lowest BCUT2D eigenvalue weighted by Gasteiger charge is -2.22. The quantitative estimate of drug-likeness (QED) is 0.668. The Morgan fingerprint density at radius 1 is 1.00 bits per heavy atom. The summed E-state index contributed by atoms with van der Waals surface area (Å²) in [6.07, 6.45) is -0.712. The Morgan fingerprint density at radius 2 is 1.55 bits per heavy atom. The molecule has 1 atom stereocenters. The fourth-order valence-electron chi connectivity index (χ4n) is 3.57. The van der Waals surface area contributed by atoms with Gasteiger partial charge in [-0.25, -0.2) is 4.79 Å². The molecule has 0 aliphatic heterocycles. The number of benzene rings is 2. The summed E-state index contributed by atoms with van der Waals surface area (Å²) >= 11 is 0. The van der Waals surface area contributed by atoms with Crippen LogP contribution in [0, 0.1) is 5.92 Å². The molecule has 2 amide bonds. The van der Waals surface area contributed by atoms with E-state index in [2.05, 4.69) is 22.8 Å². The van der Waals surface area contributed by atoms with Gasteiger partial charge in [0.05, 0.1) is 0 Å². The molecule has 0 aromatic heterocycles. The van der Waals surface area contributed by atoms with Crippen LogP contribution in [0.25, 0.3) is 11.1 Å². The minimum absolute atomic E-state index is 0.0773. The standard InChI is InChI=1S/C22H24N2O5/c1-13(2)20(21(27)23-11-19(25)26)24-22(28)29-12-18-16-9-5-3-7-14(16)15-8-4-6-10-17(15)18/h3-10,13,18,20H,11-12H2,1-2H3,(H,23,27)(H,24,28)(H,25,26)/t20-/m0/s1. The summed E-state index contributed by atoms with van der Waals surface area (Å²) in [5, 5.41) is 13.5. The molecular formula is C22H24N2O5. The number of hydrogen-bond donors (Lipinski definition) is 3. The first-order valence-corrected chi connectivity index (χ1v) is 9.49. The molecule has 0 unspecified atom stereocenters. The van der Waals surface area contributed by atoms with Crippen molar-refractivity contribution in [3.05, 3.63) is 59.7 Å². The predicted molar refractivity (Wildman–Crippen MR) is 107 cm³/mol. The van der Waals surface area contributed by atoms with Gasteiger partial charge < -0.3 is 20.5 Å². The van der Waals surface area contributed by atoms with Gasteiger partial charge in [-0.2, -0.15) is 0 Å². The number of nitrogens with one attached hydrogen (secondary N) is 2. The molecule has 0 radical (unpaired) electrons. The summed E-state index contributed by atoms with van der Waals surface area (Å²) in [5.74, 6) is -2.02. The molecule has 0 saturated heterocycles. The number of carboxylic acid groups (broad SMARTS) is 1. The Hall–Kier alpha value is -3.35. The van der Waals surface area contributed by atoms with Crippen LogP contribution in [0.15, 0.2) is 48.5 Å². The van der Waals surface area contributed by atoms with Gasteiger partial charge in [0.2, 0.25) is 5.91 Å². The molecule has 7 nitrogen and oxygen atoms in total. The second-order valence-corrected chi connectivity index (χ2v) is 7.30. The van der Waals surface area contributed by atoms with Crippen LogP contribution in [0.4, 0.5) is 4.79 Å². The highest BCUT2D eigenvalue weighted by Gasteiger charge is 2.30. The van der Waals surface area contributed by atoms with Gasteiger partial charge in [-0.1, -0.05) is 62.4 Å². The molecule has 7 heteroatoms. The number of rotatable bonds is 7. The van der Waals surface area contributed by atoms with Crippen molar-refractivity contribution in [2.75, 3.05) is 13.2 Å². The molecule has 3 N–H and O–H groups in total. The van der Waals surface area contributed by atoms with E-state index in [0.717, 1.165) is 22.3 Å². The van der Waals surface area contributed by atoms with Crippen molar-refractivity contribution >= 4 is 18.0 Å².